The van der Waals surface area contributed by atoms with Crippen LogP contribution in [0.25, 0.3) is 0 Å². The lowest BCUT2D eigenvalue weighted by Crippen LogP contribution is -1.74. The van der Waals surface area contributed by atoms with E-state index in [2.05, 4.69) is 35.9 Å². The van der Waals surface area contributed by atoms with E-state index in [-0.39, 0.29) is 0 Å². The van der Waals surface area contributed by atoms with Crippen LogP contribution in [0.1, 0.15) is 26.7 Å². The maximum atomic E-state index is 3.38. The normalized spacial score (nSPS) is 12.1. The molecule has 0 aromatic heterocycles. The summed E-state index contributed by atoms with van der Waals surface area (Å²) in [6, 6.07) is 0. The van der Waals surface area contributed by atoms with Crippen molar-refractivity contribution >= 4 is 15.9 Å². The van der Waals surface area contributed by atoms with E-state index >= 15 is 0 Å². The minimum atomic E-state index is 1.02. The molecule has 0 rings (SSSR count). The molecule has 48 valence electrons. The van der Waals surface area contributed by atoms with Crippen LogP contribution < -0.4 is 0 Å². The molecular weight excluding hydrogens is 164 g/mol. The Bertz CT molecular complexity index is 74.5. The van der Waals surface area contributed by atoms with Crippen LogP contribution in [0, 0.1) is 0 Å². The maximum absolute atomic E-state index is 3.38. The smallest absolute Gasteiger partial charge is 0.0239 e. The van der Waals surface area contributed by atoms with Gasteiger partial charge in [-0.1, -0.05) is 40.9 Å². The van der Waals surface area contributed by atoms with Gasteiger partial charge in [0.05, 0.1) is 0 Å². The van der Waals surface area contributed by atoms with Gasteiger partial charge in [0, 0.05) is 5.33 Å². The van der Waals surface area contributed by atoms with Gasteiger partial charge in [0.15, 0.2) is 0 Å². The van der Waals surface area contributed by atoms with E-state index in [1.807, 2.05) is 0 Å². The quantitative estimate of drug-likeness (QED) is 0.459. The molecule has 0 heterocycles. The van der Waals surface area contributed by atoms with Crippen molar-refractivity contribution in [2.75, 3.05) is 5.33 Å². The Morgan fingerprint density at radius 1 is 1.62 bits per heavy atom. The Hall–Kier alpha value is 0.220. The van der Waals surface area contributed by atoms with Gasteiger partial charge in [-0.15, -0.1) is 0 Å². The predicted molar refractivity (Wildman–Crippen MR) is 42.5 cm³/mol. The molecule has 0 saturated carbocycles. The zero-order valence-corrected chi connectivity index (χ0v) is 7.16. The summed E-state index contributed by atoms with van der Waals surface area (Å²) in [4.78, 5) is 0. The second kappa shape index (κ2) is 5.36. The number of hydrogen-bond donors (Lipinski definition) is 0. The molecule has 0 amide bonds. The minimum absolute atomic E-state index is 1.02. The molecule has 8 heavy (non-hydrogen) atoms. The molecule has 0 aromatic rings. The molecule has 0 fully saturated rings. The molecule has 0 unspecified atom stereocenters. The van der Waals surface area contributed by atoms with Crippen LogP contribution in [0.2, 0.25) is 0 Å². The fourth-order valence-corrected chi connectivity index (χ4v) is 0.674. The van der Waals surface area contributed by atoms with Gasteiger partial charge in [0.1, 0.15) is 0 Å². The molecule has 0 aromatic carbocycles. The number of halogens is 1. The van der Waals surface area contributed by atoms with Crippen LogP contribution in [0.15, 0.2) is 11.6 Å². The van der Waals surface area contributed by atoms with Crippen molar-refractivity contribution in [3.05, 3.63) is 11.6 Å². The summed E-state index contributed by atoms with van der Waals surface area (Å²) in [7, 11) is 0. The highest BCUT2D eigenvalue weighted by Crippen LogP contribution is 2.00. The van der Waals surface area contributed by atoms with Crippen molar-refractivity contribution < 1.29 is 0 Å². The Morgan fingerprint density at radius 3 is 2.62 bits per heavy atom. The molecule has 0 spiro atoms. The highest BCUT2D eigenvalue weighted by molar-refractivity contribution is 9.09. The summed E-state index contributed by atoms with van der Waals surface area (Å²) in [6.45, 7) is 4.34. The minimum Gasteiger partial charge on any atom is -0.0880 e. The van der Waals surface area contributed by atoms with E-state index < -0.39 is 0 Å². The van der Waals surface area contributed by atoms with Crippen molar-refractivity contribution in [1.29, 1.82) is 0 Å². The summed E-state index contributed by atoms with van der Waals surface area (Å²) in [5.41, 5.74) is 1.44. The lowest BCUT2D eigenvalue weighted by molar-refractivity contribution is 0.949. The number of alkyl halides is 1. The molecule has 0 bridgehead atoms. The number of rotatable bonds is 3. The molecule has 0 aliphatic carbocycles. The van der Waals surface area contributed by atoms with Crippen LogP contribution >= 0.6 is 15.9 Å². The van der Waals surface area contributed by atoms with E-state index in [1.54, 1.807) is 0 Å². The molecule has 0 saturated heterocycles. The third kappa shape index (κ3) is 4.38. The Labute approximate surface area is 60.1 Å². The van der Waals surface area contributed by atoms with Gasteiger partial charge >= 0.3 is 0 Å². The molecule has 0 aliphatic heterocycles. The van der Waals surface area contributed by atoms with Crippen LogP contribution in [0.3, 0.4) is 0 Å². The van der Waals surface area contributed by atoms with Gasteiger partial charge < -0.3 is 0 Å². The summed E-state index contributed by atoms with van der Waals surface area (Å²) in [5.74, 6) is 0. The number of allylic oxidation sites excluding steroid dienone is 2. The summed E-state index contributed by atoms with van der Waals surface area (Å²) in [5, 5.41) is 1.02. The van der Waals surface area contributed by atoms with E-state index in [9.17, 15) is 0 Å². The molecule has 0 nitrogen and oxygen atoms in total. The fraction of sp³-hybridized carbons (Fsp3) is 0.714. The van der Waals surface area contributed by atoms with E-state index in [0.717, 1.165) is 5.33 Å². The van der Waals surface area contributed by atoms with Gasteiger partial charge in [0.25, 0.3) is 0 Å². The first kappa shape index (κ1) is 8.22. The van der Waals surface area contributed by atoms with E-state index in [4.69, 9.17) is 0 Å². The monoisotopic (exact) mass is 176 g/mol. The van der Waals surface area contributed by atoms with Gasteiger partial charge in [-0.3, -0.25) is 0 Å². The Kier molecular flexibility index (Phi) is 5.51. The molecular formula is C7H13Br. The van der Waals surface area contributed by atoms with Crippen LogP contribution in [0.5, 0.6) is 0 Å². The van der Waals surface area contributed by atoms with Gasteiger partial charge in [-0.05, 0) is 13.3 Å². The van der Waals surface area contributed by atoms with Crippen LogP contribution in [-0.2, 0) is 0 Å². The fourth-order valence-electron chi connectivity index (χ4n) is 0.445. The van der Waals surface area contributed by atoms with Crippen molar-refractivity contribution in [3.8, 4) is 0 Å². The standard InChI is InChI=1S/C7H13Br/c1-3-4-5-7(2)6-8/h5H,3-4,6H2,1-2H3/b7-5+. The zero-order chi connectivity index (χ0) is 6.41. The summed E-state index contributed by atoms with van der Waals surface area (Å²) < 4.78 is 0. The lowest BCUT2D eigenvalue weighted by Gasteiger charge is -1.90. The third-order valence-corrected chi connectivity index (χ3v) is 1.88. The van der Waals surface area contributed by atoms with Crippen molar-refractivity contribution in [3.63, 3.8) is 0 Å². The summed E-state index contributed by atoms with van der Waals surface area (Å²) in [6.07, 6.45) is 4.75. The van der Waals surface area contributed by atoms with Crippen molar-refractivity contribution in [2.24, 2.45) is 0 Å². The second-order valence-corrected chi connectivity index (χ2v) is 2.53. The number of hydrogen-bond acceptors (Lipinski definition) is 0. The number of unbranched alkanes of at least 4 members (excludes halogenated alkanes) is 1. The highest BCUT2D eigenvalue weighted by atomic mass is 79.9. The van der Waals surface area contributed by atoms with E-state index in [1.165, 1.54) is 18.4 Å². The molecule has 0 aliphatic rings. The van der Waals surface area contributed by atoms with Crippen molar-refractivity contribution in [2.45, 2.75) is 26.7 Å². The Morgan fingerprint density at radius 2 is 2.25 bits per heavy atom. The van der Waals surface area contributed by atoms with Gasteiger partial charge in [0.2, 0.25) is 0 Å². The zero-order valence-electron chi connectivity index (χ0n) is 5.58. The first-order chi connectivity index (χ1) is 3.81. The topological polar surface area (TPSA) is 0 Å². The first-order valence-corrected chi connectivity index (χ1v) is 4.15. The summed E-state index contributed by atoms with van der Waals surface area (Å²) >= 11 is 3.38. The van der Waals surface area contributed by atoms with E-state index in [0.29, 0.717) is 0 Å². The molecule has 0 radical (unpaired) electrons. The predicted octanol–water partition coefficient (Wildman–Crippen LogP) is 3.13. The third-order valence-electron chi connectivity index (χ3n) is 0.992. The average molecular weight is 177 g/mol. The average Bonchev–Trinajstić information content (AvgIpc) is 1.83. The van der Waals surface area contributed by atoms with Crippen molar-refractivity contribution in [1.82, 2.24) is 0 Å². The molecule has 1 heteroatoms. The largest absolute Gasteiger partial charge is 0.0880 e. The second-order valence-electron chi connectivity index (χ2n) is 1.97. The first-order valence-electron chi connectivity index (χ1n) is 3.02. The lowest BCUT2D eigenvalue weighted by atomic mass is 10.2. The molecule has 0 N–H and O–H groups in total. The SMILES string of the molecule is CCC/C=C(\C)CBr. The van der Waals surface area contributed by atoms with Crippen LogP contribution in [0.4, 0.5) is 0 Å². The van der Waals surface area contributed by atoms with Crippen LogP contribution in [-0.4, -0.2) is 5.33 Å². The maximum Gasteiger partial charge on any atom is 0.0239 e. The Balaban J connectivity index is 3.26. The van der Waals surface area contributed by atoms with Gasteiger partial charge in [-0.25, -0.2) is 0 Å². The highest BCUT2D eigenvalue weighted by Gasteiger charge is 1.80. The van der Waals surface area contributed by atoms with Gasteiger partial charge in [-0.2, -0.15) is 0 Å². The molecule has 0 atom stereocenters.